The van der Waals surface area contributed by atoms with Crippen LogP contribution in [0, 0.1) is 5.82 Å². The molecule has 0 aliphatic carbocycles. The van der Waals surface area contributed by atoms with Gasteiger partial charge in [0.25, 0.3) is 5.91 Å². The van der Waals surface area contributed by atoms with E-state index in [2.05, 4.69) is 10.1 Å². The van der Waals surface area contributed by atoms with Crippen molar-refractivity contribution in [3.05, 3.63) is 40.1 Å². The number of esters is 1. The molecule has 1 N–H and O–H groups in total. The molecule has 0 spiro atoms. The van der Waals surface area contributed by atoms with E-state index in [-0.39, 0.29) is 15.8 Å². The van der Waals surface area contributed by atoms with E-state index >= 15 is 0 Å². The number of carbonyl (C=O) groups is 2. The molecule has 1 rings (SSSR count). The highest BCUT2D eigenvalue weighted by molar-refractivity contribution is 6.35. The van der Waals surface area contributed by atoms with Crippen molar-refractivity contribution in [3.8, 4) is 5.75 Å². The summed E-state index contributed by atoms with van der Waals surface area (Å²) in [5, 5.41) is 2.36. The Morgan fingerprint density at radius 3 is 2.36 bits per heavy atom. The number of halogens is 3. The molecule has 5 nitrogen and oxygen atoms in total. The Labute approximate surface area is 156 Å². The van der Waals surface area contributed by atoms with E-state index in [9.17, 15) is 14.0 Å². The third kappa shape index (κ3) is 6.55. The summed E-state index contributed by atoms with van der Waals surface area (Å²) in [5.41, 5.74) is -0.805. The minimum atomic E-state index is -0.844. The molecule has 1 atom stereocenters. The quantitative estimate of drug-likeness (QED) is 0.434. The number of carbonyl (C=O) groups excluding carboxylic acids is 2. The lowest BCUT2D eigenvalue weighted by Crippen LogP contribution is -2.48. The molecule has 0 aromatic heterocycles. The van der Waals surface area contributed by atoms with Crippen molar-refractivity contribution in [1.29, 1.82) is 0 Å². The van der Waals surface area contributed by atoms with Gasteiger partial charge in [-0.2, -0.15) is 0 Å². The Hall–Kier alpha value is -1.79. The summed E-state index contributed by atoms with van der Waals surface area (Å²) >= 11 is 11.4. The minimum Gasteiger partial charge on any atom is -0.481 e. The summed E-state index contributed by atoms with van der Waals surface area (Å²) in [5.74, 6) is -1.50. The van der Waals surface area contributed by atoms with Gasteiger partial charge in [-0.3, -0.25) is 4.79 Å². The molecule has 138 valence electrons. The zero-order valence-electron chi connectivity index (χ0n) is 14.4. The van der Waals surface area contributed by atoms with E-state index in [1.165, 1.54) is 31.4 Å². The van der Waals surface area contributed by atoms with Crippen molar-refractivity contribution >= 4 is 35.1 Å². The average Bonchev–Trinajstić information content (AvgIpc) is 2.54. The second kappa shape index (κ2) is 9.06. The zero-order valence-corrected chi connectivity index (χ0v) is 15.9. The molecule has 0 saturated carbocycles. The predicted octanol–water partition coefficient (Wildman–Crippen LogP) is 3.91. The fraction of sp³-hybridized carbons (Fsp3) is 0.412. The highest BCUT2D eigenvalue weighted by Gasteiger charge is 2.25. The Kier molecular flexibility index (Phi) is 7.70. The van der Waals surface area contributed by atoms with E-state index < -0.39 is 29.3 Å². The first-order valence-electron chi connectivity index (χ1n) is 7.50. The number of amides is 1. The van der Waals surface area contributed by atoms with Gasteiger partial charge in [0.05, 0.1) is 22.7 Å². The maximum absolute atomic E-state index is 13.4. The predicted molar refractivity (Wildman–Crippen MR) is 94.5 cm³/mol. The van der Waals surface area contributed by atoms with Gasteiger partial charge in [-0.25, -0.2) is 9.18 Å². The normalized spacial score (nSPS) is 12.8. The minimum absolute atomic E-state index is 0.182. The topological polar surface area (TPSA) is 64.6 Å². The van der Waals surface area contributed by atoms with Crippen LogP contribution in [-0.4, -0.2) is 30.6 Å². The number of benzene rings is 1. The first-order valence-corrected chi connectivity index (χ1v) is 8.25. The monoisotopic (exact) mass is 391 g/mol. The number of hydrogen-bond donors (Lipinski definition) is 1. The molecule has 0 saturated heterocycles. The third-order valence-corrected chi connectivity index (χ3v) is 3.73. The smallest absolute Gasteiger partial charge is 0.330 e. The molecule has 1 aromatic carbocycles. The fourth-order valence-corrected chi connectivity index (χ4v) is 2.34. The first-order chi connectivity index (χ1) is 11.6. The SMILES string of the molecule is CC[C@H](Oc1cc(Cl)c(F)c(Cl)c1)C(=O)NC(C)(C)/C=C/C(=O)OC. The van der Waals surface area contributed by atoms with Crippen molar-refractivity contribution in [1.82, 2.24) is 5.32 Å². The Morgan fingerprint density at radius 2 is 1.88 bits per heavy atom. The molecular formula is C17H20Cl2FNO4. The van der Waals surface area contributed by atoms with Gasteiger partial charge >= 0.3 is 5.97 Å². The summed E-state index contributed by atoms with van der Waals surface area (Å²) in [6.07, 6.45) is 2.25. The van der Waals surface area contributed by atoms with Gasteiger partial charge in [0, 0.05) is 18.2 Å². The van der Waals surface area contributed by atoms with Crippen LogP contribution < -0.4 is 10.1 Å². The molecule has 0 aliphatic rings. The Balaban J connectivity index is 2.84. The largest absolute Gasteiger partial charge is 0.481 e. The zero-order chi connectivity index (χ0) is 19.2. The van der Waals surface area contributed by atoms with Crippen molar-refractivity contribution < 1.29 is 23.5 Å². The van der Waals surface area contributed by atoms with E-state index in [1.807, 2.05) is 0 Å². The van der Waals surface area contributed by atoms with Crippen LogP contribution in [0.1, 0.15) is 27.2 Å². The van der Waals surface area contributed by atoms with Crippen LogP contribution >= 0.6 is 23.2 Å². The lowest BCUT2D eigenvalue weighted by molar-refractivity contribution is -0.135. The van der Waals surface area contributed by atoms with Gasteiger partial charge in [0.15, 0.2) is 11.9 Å². The van der Waals surface area contributed by atoms with E-state index in [4.69, 9.17) is 27.9 Å². The molecule has 0 unspecified atom stereocenters. The summed E-state index contributed by atoms with van der Waals surface area (Å²) < 4.78 is 23.5. The molecule has 0 heterocycles. The van der Waals surface area contributed by atoms with Crippen LogP contribution in [0.5, 0.6) is 5.75 Å². The van der Waals surface area contributed by atoms with Gasteiger partial charge in [-0.05, 0) is 20.3 Å². The standard InChI is InChI=1S/C17H20Cl2FNO4/c1-5-13(25-10-8-11(18)15(20)12(19)9-10)16(23)21-17(2,3)7-6-14(22)24-4/h6-9,13H,5H2,1-4H3,(H,21,23)/b7-6+/t13-/m0/s1. The highest BCUT2D eigenvalue weighted by Crippen LogP contribution is 2.29. The van der Waals surface area contributed by atoms with Gasteiger partial charge in [0.1, 0.15) is 5.75 Å². The summed E-state index contributed by atoms with van der Waals surface area (Å²) in [6, 6.07) is 2.50. The second-order valence-electron chi connectivity index (χ2n) is 5.78. The molecule has 25 heavy (non-hydrogen) atoms. The summed E-state index contributed by atoms with van der Waals surface area (Å²) in [7, 11) is 1.26. The lowest BCUT2D eigenvalue weighted by Gasteiger charge is -2.26. The molecule has 0 bridgehead atoms. The van der Waals surface area contributed by atoms with Crippen molar-refractivity contribution in [2.75, 3.05) is 7.11 Å². The Bertz CT molecular complexity index is 654. The molecule has 0 radical (unpaired) electrons. The molecule has 8 heteroatoms. The third-order valence-electron chi connectivity index (χ3n) is 3.18. The van der Waals surface area contributed by atoms with E-state index in [0.29, 0.717) is 6.42 Å². The van der Waals surface area contributed by atoms with E-state index in [0.717, 1.165) is 0 Å². The second-order valence-corrected chi connectivity index (χ2v) is 6.60. The van der Waals surface area contributed by atoms with Crippen LogP contribution in [0.15, 0.2) is 24.3 Å². The van der Waals surface area contributed by atoms with Gasteiger partial charge in [0.2, 0.25) is 0 Å². The van der Waals surface area contributed by atoms with Crippen LogP contribution in [0.2, 0.25) is 10.0 Å². The average molecular weight is 392 g/mol. The number of ether oxygens (including phenoxy) is 2. The van der Waals surface area contributed by atoms with Crippen molar-refractivity contribution in [2.45, 2.75) is 38.8 Å². The van der Waals surface area contributed by atoms with Gasteiger partial charge < -0.3 is 14.8 Å². The fourth-order valence-electron chi connectivity index (χ4n) is 1.87. The van der Waals surface area contributed by atoms with Crippen LogP contribution in [0.25, 0.3) is 0 Å². The number of rotatable bonds is 7. The summed E-state index contributed by atoms with van der Waals surface area (Å²) in [4.78, 5) is 23.6. The first kappa shape index (κ1) is 21.3. The van der Waals surface area contributed by atoms with Crippen molar-refractivity contribution in [2.24, 2.45) is 0 Å². The summed E-state index contributed by atoms with van der Waals surface area (Å²) in [6.45, 7) is 5.18. The van der Waals surface area contributed by atoms with Crippen LogP contribution in [0.3, 0.4) is 0 Å². The lowest BCUT2D eigenvalue weighted by atomic mass is 10.0. The van der Waals surface area contributed by atoms with Gasteiger partial charge in [-0.15, -0.1) is 0 Å². The number of hydrogen-bond acceptors (Lipinski definition) is 4. The maximum Gasteiger partial charge on any atom is 0.330 e. The van der Waals surface area contributed by atoms with Crippen LogP contribution in [0.4, 0.5) is 4.39 Å². The molecule has 0 aliphatic heterocycles. The van der Waals surface area contributed by atoms with Gasteiger partial charge in [-0.1, -0.05) is 36.2 Å². The van der Waals surface area contributed by atoms with Crippen LogP contribution in [-0.2, 0) is 14.3 Å². The molecule has 0 fully saturated rings. The number of nitrogens with one attached hydrogen (secondary N) is 1. The van der Waals surface area contributed by atoms with Crippen molar-refractivity contribution in [3.63, 3.8) is 0 Å². The molecule has 1 amide bonds. The number of methoxy groups -OCH3 is 1. The Morgan fingerprint density at radius 1 is 1.32 bits per heavy atom. The molecule has 1 aromatic rings. The maximum atomic E-state index is 13.4. The highest BCUT2D eigenvalue weighted by atomic mass is 35.5. The van der Waals surface area contributed by atoms with E-state index in [1.54, 1.807) is 20.8 Å². The molecular weight excluding hydrogens is 372 g/mol.